The molecule has 0 bridgehead atoms. The van der Waals surface area contributed by atoms with Crippen molar-refractivity contribution in [2.45, 2.75) is 18.8 Å². The second-order valence-corrected chi connectivity index (χ2v) is 6.12. The fraction of sp³-hybridized carbons (Fsp3) is 0.167. The fourth-order valence-corrected chi connectivity index (χ4v) is 3.07. The Labute approximate surface area is 136 Å². The summed E-state index contributed by atoms with van der Waals surface area (Å²) in [5, 5.41) is 11.9. The zero-order valence-corrected chi connectivity index (χ0v) is 12.8. The lowest BCUT2D eigenvalue weighted by Crippen LogP contribution is -1.95. The zero-order valence-electron chi connectivity index (χ0n) is 12.8. The number of hydrogen-bond acceptors (Lipinski definition) is 4. The third kappa shape index (κ3) is 2.11. The number of H-pyrrole nitrogens is 1. The Hall–Kier alpha value is -3.02. The zero-order chi connectivity index (χ0) is 16.1. The molecule has 0 spiro atoms. The number of aromatic amines is 1. The van der Waals surface area contributed by atoms with Crippen LogP contribution in [-0.2, 0) is 0 Å². The number of benzene rings is 1. The lowest BCUT2D eigenvalue weighted by Gasteiger charge is -2.09. The van der Waals surface area contributed by atoms with Gasteiger partial charge in [0.1, 0.15) is 11.3 Å². The van der Waals surface area contributed by atoms with Gasteiger partial charge in [-0.1, -0.05) is 6.07 Å². The second kappa shape index (κ2) is 4.99. The Kier molecular flexibility index (Phi) is 2.79. The van der Waals surface area contributed by atoms with Gasteiger partial charge in [0.2, 0.25) is 0 Å². The van der Waals surface area contributed by atoms with Crippen LogP contribution in [0.4, 0.5) is 15.9 Å². The summed E-state index contributed by atoms with van der Waals surface area (Å²) >= 11 is 0. The molecule has 2 N–H and O–H groups in total. The minimum Gasteiger partial charge on any atom is -0.337 e. The largest absolute Gasteiger partial charge is 0.337 e. The summed E-state index contributed by atoms with van der Waals surface area (Å²) in [6.07, 6.45) is 5.32. The molecule has 1 saturated carbocycles. The lowest BCUT2D eigenvalue weighted by molar-refractivity contribution is 0.632. The number of halogens is 1. The summed E-state index contributed by atoms with van der Waals surface area (Å²) in [4.78, 5) is 8.61. The van der Waals surface area contributed by atoms with E-state index in [0.29, 0.717) is 17.1 Å². The molecule has 3 heterocycles. The number of nitrogens with one attached hydrogen (secondary N) is 2. The molecular weight excluding hydrogens is 305 g/mol. The van der Waals surface area contributed by atoms with E-state index in [0.717, 1.165) is 40.6 Å². The van der Waals surface area contributed by atoms with E-state index in [4.69, 9.17) is 0 Å². The maximum Gasteiger partial charge on any atom is 0.178 e. The number of fused-ring (bicyclic) bond motifs is 2. The van der Waals surface area contributed by atoms with Crippen LogP contribution < -0.4 is 5.32 Å². The molecule has 1 aliphatic rings. The normalized spacial score (nSPS) is 14.4. The van der Waals surface area contributed by atoms with Crippen LogP contribution in [0, 0.1) is 5.82 Å². The number of rotatable bonds is 3. The first-order valence-electron chi connectivity index (χ1n) is 7.94. The second-order valence-electron chi connectivity index (χ2n) is 6.12. The lowest BCUT2D eigenvalue weighted by atomic mass is 10.1. The predicted octanol–water partition coefficient (Wildman–Crippen LogP) is 4.27. The third-order valence-electron chi connectivity index (χ3n) is 4.42. The van der Waals surface area contributed by atoms with Gasteiger partial charge in [0.15, 0.2) is 5.82 Å². The Balaban J connectivity index is 1.59. The summed E-state index contributed by atoms with van der Waals surface area (Å²) in [6.45, 7) is 0. The van der Waals surface area contributed by atoms with Crippen LogP contribution in [0.1, 0.15) is 24.5 Å². The number of anilines is 2. The number of aromatic nitrogens is 4. The van der Waals surface area contributed by atoms with Crippen molar-refractivity contribution in [3.63, 3.8) is 0 Å². The van der Waals surface area contributed by atoms with Crippen LogP contribution in [0.15, 0.2) is 42.7 Å². The number of pyridine rings is 2. The number of nitrogens with zero attached hydrogens (tertiary/aromatic N) is 3. The molecule has 0 aliphatic heterocycles. The Bertz CT molecular complexity index is 1070. The van der Waals surface area contributed by atoms with Crippen LogP contribution in [0.2, 0.25) is 0 Å². The Morgan fingerprint density at radius 1 is 1.12 bits per heavy atom. The summed E-state index contributed by atoms with van der Waals surface area (Å²) in [6, 6.07) is 9.43. The average Bonchev–Trinajstić information content (AvgIpc) is 3.38. The van der Waals surface area contributed by atoms with Crippen LogP contribution >= 0.6 is 0 Å². The molecule has 1 aliphatic carbocycles. The van der Waals surface area contributed by atoms with Crippen molar-refractivity contribution in [1.82, 2.24) is 20.2 Å². The molecule has 0 atom stereocenters. The monoisotopic (exact) mass is 319 g/mol. The fourth-order valence-electron chi connectivity index (χ4n) is 3.07. The van der Waals surface area contributed by atoms with E-state index in [1.54, 1.807) is 6.20 Å². The van der Waals surface area contributed by atoms with Gasteiger partial charge in [0.25, 0.3) is 0 Å². The Morgan fingerprint density at radius 3 is 2.92 bits per heavy atom. The molecule has 5 nitrogen and oxygen atoms in total. The molecule has 1 aromatic carbocycles. The third-order valence-corrected chi connectivity index (χ3v) is 4.42. The smallest absolute Gasteiger partial charge is 0.178 e. The molecule has 1 fully saturated rings. The van der Waals surface area contributed by atoms with Crippen LogP contribution in [0.25, 0.3) is 21.8 Å². The molecule has 24 heavy (non-hydrogen) atoms. The molecule has 0 radical (unpaired) electrons. The number of hydrogen-bond donors (Lipinski definition) is 2. The van der Waals surface area contributed by atoms with Gasteiger partial charge in [0.05, 0.1) is 17.4 Å². The van der Waals surface area contributed by atoms with Gasteiger partial charge in [-0.15, -0.1) is 0 Å². The molecule has 6 heteroatoms. The van der Waals surface area contributed by atoms with Crippen molar-refractivity contribution in [3.05, 3.63) is 54.2 Å². The topological polar surface area (TPSA) is 66.5 Å². The highest BCUT2D eigenvalue weighted by Crippen LogP contribution is 2.42. The SMILES string of the molecule is Fc1cnc(C2CC2)c2ccc(Nc3n[nH]c4cccnc34)cc12. The molecule has 0 amide bonds. The summed E-state index contributed by atoms with van der Waals surface area (Å²) < 4.78 is 14.2. The highest BCUT2D eigenvalue weighted by molar-refractivity contribution is 5.91. The van der Waals surface area contributed by atoms with E-state index in [1.807, 2.05) is 30.3 Å². The van der Waals surface area contributed by atoms with Gasteiger partial charge < -0.3 is 5.32 Å². The summed E-state index contributed by atoms with van der Waals surface area (Å²) in [5.74, 6) is 0.802. The molecular formula is C18H14FN5. The van der Waals surface area contributed by atoms with Gasteiger partial charge in [-0.05, 0) is 37.1 Å². The van der Waals surface area contributed by atoms with E-state index >= 15 is 0 Å². The minimum absolute atomic E-state index is 0.303. The molecule has 118 valence electrons. The van der Waals surface area contributed by atoms with Gasteiger partial charge >= 0.3 is 0 Å². The summed E-state index contributed by atoms with van der Waals surface area (Å²) in [7, 11) is 0. The maximum atomic E-state index is 14.2. The van der Waals surface area contributed by atoms with Crippen molar-refractivity contribution in [2.75, 3.05) is 5.32 Å². The van der Waals surface area contributed by atoms with Gasteiger partial charge in [-0.2, -0.15) is 5.10 Å². The minimum atomic E-state index is -0.303. The summed E-state index contributed by atoms with van der Waals surface area (Å²) in [5.41, 5.74) is 3.39. The standard InChI is InChI=1S/C18H14FN5/c19-14-9-21-16(10-3-4-10)12-6-5-11(8-13(12)14)22-18-17-15(23-24-18)2-1-7-20-17/h1-2,5-10H,3-4H2,(H2,22,23,24). The van der Waals surface area contributed by atoms with E-state index < -0.39 is 0 Å². The van der Waals surface area contributed by atoms with Crippen LogP contribution in [-0.4, -0.2) is 20.2 Å². The molecule has 3 aromatic heterocycles. The van der Waals surface area contributed by atoms with Crippen molar-refractivity contribution in [1.29, 1.82) is 0 Å². The maximum absolute atomic E-state index is 14.2. The molecule has 5 rings (SSSR count). The molecule has 0 saturated heterocycles. The van der Waals surface area contributed by atoms with Crippen molar-refractivity contribution in [2.24, 2.45) is 0 Å². The highest BCUT2D eigenvalue weighted by atomic mass is 19.1. The van der Waals surface area contributed by atoms with E-state index in [2.05, 4.69) is 25.5 Å². The quantitative estimate of drug-likeness (QED) is 0.592. The van der Waals surface area contributed by atoms with Crippen LogP contribution in [0.3, 0.4) is 0 Å². The first kappa shape index (κ1) is 13.4. The molecule has 0 unspecified atom stereocenters. The van der Waals surface area contributed by atoms with E-state index in [9.17, 15) is 4.39 Å². The van der Waals surface area contributed by atoms with Crippen LogP contribution in [0.5, 0.6) is 0 Å². The predicted molar refractivity (Wildman–Crippen MR) is 90.8 cm³/mol. The van der Waals surface area contributed by atoms with Crippen molar-refractivity contribution < 1.29 is 4.39 Å². The van der Waals surface area contributed by atoms with Crippen molar-refractivity contribution >= 4 is 33.3 Å². The van der Waals surface area contributed by atoms with Crippen molar-refractivity contribution in [3.8, 4) is 0 Å². The van der Waals surface area contributed by atoms with Gasteiger partial charge in [0, 0.05) is 28.6 Å². The van der Waals surface area contributed by atoms with Gasteiger partial charge in [-0.3, -0.25) is 15.1 Å². The Morgan fingerprint density at radius 2 is 2.04 bits per heavy atom. The first-order valence-corrected chi connectivity index (χ1v) is 7.94. The van der Waals surface area contributed by atoms with Gasteiger partial charge in [-0.25, -0.2) is 4.39 Å². The average molecular weight is 319 g/mol. The highest BCUT2D eigenvalue weighted by Gasteiger charge is 2.27. The van der Waals surface area contributed by atoms with E-state index in [-0.39, 0.29) is 5.82 Å². The molecule has 4 aromatic rings. The van der Waals surface area contributed by atoms with E-state index in [1.165, 1.54) is 6.20 Å². The first-order chi connectivity index (χ1) is 11.8.